The SMILES string of the molecule is Cc1csc(NC(=O)c2cc(C(F)(F)F)ccc2N)n1. The minimum atomic E-state index is -4.53. The number of thiazole rings is 1. The number of benzene rings is 1. The van der Waals surface area contributed by atoms with E-state index in [1.54, 1.807) is 12.3 Å². The Morgan fingerprint density at radius 2 is 2.10 bits per heavy atom. The van der Waals surface area contributed by atoms with Crippen LogP contribution in [0.2, 0.25) is 0 Å². The van der Waals surface area contributed by atoms with Gasteiger partial charge in [0, 0.05) is 11.1 Å². The van der Waals surface area contributed by atoms with Crippen LogP contribution in [0.25, 0.3) is 0 Å². The number of nitrogens with one attached hydrogen (secondary N) is 1. The van der Waals surface area contributed by atoms with Crippen LogP contribution in [0.15, 0.2) is 23.6 Å². The number of nitrogens with zero attached hydrogens (tertiary/aromatic N) is 1. The van der Waals surface area contributed by atoms with Gasteiger partial charge in [-0.05, 0) is 25.1 Å². The van der Waals surface area contributed by atoms with Crippen LogP contribution in [-0.4, -0.2) is 10.9 Å². The molecule has 0 saturated carbocycles. The highest BCUT2D eigenvalue weighted by atomic mass is 32.1. The fourth-order valence-corrected chi connectivity index (χ4v) is 2.19. The lowest BCUT2D eigenvalue weighted by Gasteiger charge is -2.10. The lowest BCUT2D eigenvalue weighted by molar-refractivity contribution is -0.137. The largest absolute Gasteiger partial charge is 0.416 e. The second kappa shape index (κ2) is 5.12. The predicted molar refractivity (Wildman–Crippen MR) is 70.7 cm³/mol. The fraction of sp³-hybridized carbons (Fsp3) is 0.167. The smallest absolute Gasteiger partial charge is 0.398 e. The third-order valence-electron chi connectivity index (χ3n) is 2.46. The van der Waals surface area contributed by atoms with E-state index in [2.05, 4.69) is 10.3 Å². The van der Waals surface area contributed by atoms with Crippen molar-refractivity contribution >= 4 is 28.1 Å². The number of carbonyl (C=O) groups is 1. The van der Waals surface area contributed by atoms with E-state index in [1.807, 2.05) is 0 Å². The molecule has 0 unspecified atom stereocenters. The maximum absolute atomic E-state index is 12.6. The normalized spacial score (nSPS) is 11.4. The molecule has 1 heterocycles. The molecule has 0 radical (unpaired) electrons. The monoisotopic (exact) mass is 301 g/mol. The number of hydrogen-bond acceptors (Lipinski definition) is 4. The van der Waals surface area contributed by atoms with E-state index in [0.717, 1.165) is 18.2 Å². The number of hydrogen-bond donors (Lipinski definition) is 2. The van der Waals surface area contributed by atoms with Gasteiger partial charge in [0.25, 0.3) is 5.91 Å². The van der Waals surface area contributed by atoms with Crippen molar-refractivity contribution in [3.63, 3.8) is 0 Å². The molecule has 1 aromatic heterocycles. The van der Waals surface area contributed by atoms with Crippen LogP contribution in [-0.2, 0) is 6.18 Å². The van der Waals surface area contributed by atoms with E-state index < -0.39 is 17.6 Å². The first-order valence-electron chi connectivity index (χ1n) is 5.47. The number of anilines is 2. The van der Waals surface area contributed by atoms with Crippen molar-refractivity contribution in [3.8, 4) is 0 Å². The molecule has 2 rings (SSSR count). The molecule has 0 saturated heterocycles. The average molecular weight is 301 g/mol. The molecule has 0 bridgehead atoms. The van der Waals surface area contributed by atoms with Gasteiger partial charge in [0.2, 0.25) is 0 Å². The number of nitrogen functional groups attached to an aromatic ring is 1. The van der Waals surface area contributed by atoms with Crippen LogP contribution in [0.3, 0.4) is 0 Å². The van der Waals surface area contributed by atoms with Crippen LogP contribution in [0, 0.1) is 6.92 Å². The molecule has 0 spiro atoms. The first kappa shape index (κ1) is 14.3. The summed E-state index contributed by atoms with van der Waals surface area (Å²) in [5.41, 5.74) is 5.08. The zero-order valence-electron chi connectivity index (χ0n) is 10.3. The maximum atomic E-state index is 12.6. The molecule has 3 N–H and O–H groups in total. The van der Waals surface area contributed by atoms with Gasteiger partial charge in [-0.1, -0.05) is 0 Å². The Morgan fingerprint density at radius 1 is 1.40 bits per heavy atom. The summed E-state index contributed by atoms with van der Waals surface area (Å²) in [6.45, 7) is 1.74. The van der Waals surface area contributed by atoms with Gasteiger partial charge in [0.05, 0.1) is 16.8 Å². The number of aryl methyl sites for hydroxylation is 1. The first-order chi connectivity index (χ1) is 9.27. The molecule has 8 heteroatoms. The Bertz CT molecular complexity index is 652. The molecule has 2 aromatic rings. The van der Waals surface area contributed by atoms with E-state index in [9.17, 15) is 18.0 Å². The molecule has 1 aromatic carbocycles. The predicted octanol–water partition coefficient (Wildman–Crippen LogP) is 3.30. The van der Waals surface area contributed by atoms with Crippen molar-refractivity contribution < 1.29 is 18.0 Å². The third kappa shape index (κ3) is 3.08. The van der Waals surface area contributed by atoms with Crippen molar-refractivity contribution in [1.82, 2.24) is 4.98 Å². The minimum absolute atomic E-state index is 0.0243. The summed E-state index contributed by atoms with van der Waals surface area (Å²) in [6.07, 6.45) is -4.53. The summed E-state index contributed by atoms with van der Waals surface area (Å²) in [5, 5.41) is 4.44. The summed E-state index contributed by atoms with van der Waals surface area (Å²) in [7, 11) is 0. The summed E-state index contributed by atoms with van der Waals surface area (Å²) in [5.74, 6) is -0.719. The topological polar surface area (TPSA) is 68.0 Å². The molecule has 0 fully saturated rings. The Morgan fingerprint density at radius 3 is 2.65 bits per heavy atom. The number of aromatic nitrogens is 1. The summed E-state index contributed by atoms with van der Waals surface area (Å²) >= 11 is 1.18. The van der Waals surface area contributed by atoms with Crippen LogP contribution in [0.1, 0.15) is 21.6 Å². The summed E-state index contributed by atoms with van der Waals surface area (Å²) in [4.78, 5) is 15.9. The minimum Gasteiger partial charge on any atom is -0.398 e. The number of halogens is 3. The lowest BCUT2D eigenvalue weighted by Crippen LogP contribution is -2.16. The highest BCUT2D eigenvalue weighted by Gasteiger charge is 2.31. The summed E-state index contributed by atoms with van der Waals surface area (Å²) in [6, 6.07) is 2.62. The molecule has 1 amide bonds. The second-order valence-electron chi connectivity index (χ2n) is 4.05. The molecular weight excluding hydrogens is 291 g/mol. The zero-order valence-corrected chi connectivity index (χ0v) is 11.1. The van der Waals surface area contributed by atoms with Gasteiger partial charge in [-0.2, -0.15) is 13.2 Å². The third-order valence-corrected chi connectivity index (χ3v) is 3.34. The number of nitrogens with two attached hydrogens (primary N) is 1. The Hall–Kier alpha value is -2.09. The Labute approximate surface area is 116 Å². The van der Waals surface area contributed by atoms with E-state index in [4.69, 9.17) is 5.73 Å². The van der Waals surface area contributed by atoms with Crippen LogP contribution in [0.4, 0.5) is 24.0 Å². The molecule has 106 valence electrons. The van der Waals surface area contributed by atoms with Gasteiger partial charge in [-0.15, -0.1) is 11.3 Å². The highest BCUT2D eigenvalue weighted by molar-refractivity contribution is 7.13. The molecule has 4 nitrogen and oxygen atoms in total. The van der Waals surface area contributed by atoms with Gasteiger partial charge in [-0.3, -0.25) is 10.1 Å². The second-order valence-corrected chi connectivity index (χ2v) is 4.91. The maximum Gasteiger partial charge on any atom is 0.416 e. The van der Waals surface area contributed by atoms with E-state index in [0.29, 0.717) is 10.8 Å². The number of rotatable bonds is 2. The first-order valence-corrected chi connectivity index (χ1v) is 6.35. The number of alkyl halides is 3. The molecule has 0 aliphatic rings. The molecule has 0 atom stereocenters. The van der Waals surface area contributed by atoms with Gasteiger partial charge >= 0.3 is 6.18 Å². The number of carbonyl (C=O) groups excluding carboxylic acids is 1. The van der Waals surface area contributed by atoms with Crippen molar-refractivity contribution in [2.75, 3.05) is 11.1 Å². The van der Waals surface area contributed by atoms with Crippen LogP contribution in [0.5, 0.6) is 0 Å². The van der Waals surface area contributed by atoms with Gasteiger partial charge < -0.3 is 5.73 Å². The van der Waals surface area contributed by atoms with E-state index in [-0.39, 0.29) is 11.3 Å². The van der Waals surface area contributed by atoms with Gasteiger partial charge in [-0.25, -0.2) is 4.98 Å². The highest BCUT2D eigenvalue weighted by Crippen LogP contribution is 2.31. The molecular formula is C12H10F3N3OS. The standard InChI is InChI=1S/C12H10F3N3OS/c1-6-5-20-11(17-6)18-10(19)8-4-7(12(13,14)15)2-3-9(8)16/h2-5H,16H2,1H3,(H,17,18,19). The van der Waals surface area contributed by atoms with Crippen molar-refractivity contribution in [2.45, 2.75) is 13.1 Å². The van der Waals surface area contributed by atoms with Crippen molar-refractivity contribution in [1.29, 1.82) is 0 Å². The fourth-order valence-electron chi connectivity index (χ4n) is 1.51. The van der Waals surface area contributed by atoms with Crippen LogP contribution < -0.4 is 11.1 Å². The van der Waals surface area contributed by atoms with Crippen molar-refractivity contribution in [2.24, 2.45) is 0 Å². The average Bonchev–Trinajstić information content (AvgIpc) is 2.73. The van der Waals surface area contributed by atoms with Crippen LogP contribution >= 0.6 is 11.3 Å². The molecule has 20 heavy (non-hydrogen) atoms. The van der Waals surface area contributed by atoms with Gasteiger partial charge in [0.1, 0.15) is 0 Å². The summed E-state index contributed by atoms with van der Waals surface area (Å²) < 4.78 is 37.8. The Kier molecular flexibility index (Phi) is 3.67. The van der Waals surface area contributed by atoms with Crippen molar-refractivity contribution in [3.05, 3.63) is 40.4 Å². The molecule has 0 aliphatic carbocycles. The number of amides is 1. The lowest BCUT2D eigenvalue weighted by atomic mass is 10.1. The molecule has 0 aliphatic heterocycles. The quantitative estimate of drug-likeness (QED) is 0.836. The van der Waals surface area contributed by atoms with Gasteiger partial charge in [0.15, 0.2) is 5.13 Å². The van der Waals surface area contributed by atoms with E-state index in [1.165, 1.54) is 11.3 Å². The Balaban J connectivity index is 2.29. The zero-order chi connectivity index (χ0) is 14.9. The van der Waals surface area contributed by atoms with E-state index >= 15 is 0 Å².